The van der Waals surface area contributed by atoms with Crippen molar-refractivity contribution in [3.63, 3.8) is 0 Å². The molecule has 0 saturated carbocycles. The van der Waals surface area contributed by atoms with Crippen LogP contribution in [-0.4, -0.2) is 50.3 Å². The van der Waals surface area contributed by atoms with E-state index in [-0.39, 0.29) is 12.1 Å². The van der Waals surface area contributed by atoms with Crippen LogP contribution in [-0.2, 0) is 9.47 Å². The minimum Gasteiger partial charge on any atom is -0.492 e. The van der Waals surface area contributed by atoms with E-state index < -0.39 is 0 Å². The molecule has 1 saturated heterocycles. The highest BCUT2D eigenvalue weighted by molar-refractivity contribution is 7.10. The fourth-order valence-electron chi connectivity index (χ4n) is 3.04. The Morgan fingerprint density at radius 3 is 2.92 bits per heavy atom. The molecule has 24 heavy (non-hydrogen) atoms. The van der Waals surface area contributed by atoms with Crippen molar-refractivity contribution in [3.8, 4) is 5.75 Å². The van der Waals surface area contributed by atoms with E-state index in [4.69, 9.17) is 14.2 Å². The third-order valence-corrected chi connectivity index (χ3v) is 5.25. The predicted octanol–water partition coefficient (Wildman–Crippen LogP) is 2.72. The molecule has 4 rings (SSSR count). The number of thiophene rings is 1. The van der Waals surface area contributed by atoms with E-state index in [1.807, 2.05) is 29.6 Å². The zero-order valence-corrected chi connectivity index (χ0v) is 14.1. The van der Waals surface area contributed by atoms with Gasteiger partial charge in [0.1, 0.15) is 12.4 Å². The number of hydrogen-bond acceptors (Lipinski definition) is 6. The van der Waals surface area contributed by atoms with Crippen LogP contribution in [0.1, 0.15) is 26.9 Å². The van der Waals surface area contributed by atoms with E-state index >= 15 is 0 Å². The highest BCUT2D eigenvalue weighted by atomic mass is 32.1. The van der Waals surface area contributed by atoms with Gasteiger partial charge in [0.15, 0.2) is 6.10 Å². The second-order valence-electron chi connectivity index (χ2n) is 5.85. The summed E-state index contributed by atoms with van der Waals surface area (Å²) in [5, 5.41) is 1.99. The summed E-state index contributed by atoms with van der Waals surface area (Å²) in [4.78, 5) is 15.4. The van der Waals surface area contributed by atoms with Crippen LogP contribution in [0.5, 0.6) is 5.75 Å². The molecule has 2 aromatic rings. The number of morpholine rings is 1. The molecular formula is C18H19NO4S. The van der Waals surface area contributed by atoms with E-state index in [1.165, 1.54) is 0 Å². The van der Waals surface area contributed by atoms with Gasteiger partial charge in [0.25, 0.3) is 0 Å². The van der Waals surface area contributed by atoms with Crippen LogP contribution < -0.4 is 4.74 Å². The molecule has 0 amide bonds. The number of ether oxygens (including phenoxy) is 3. The first kappa shape index (κ1) is 15.6. The van der Waals surface area contributed by atoms with E-state index in [0.717, 1.165) is 49.0 Å². The Morgan fingerprint density at radius 2 is 2.12 bits per heavy atom. The number of carbonyl (C=O) groups is 1. The average molecular weight is 345 g/mol. The molecule has 2 aliphatic rings. The number of benzene rings is 1. The van der Waals surface area contributed by atoms with Gasteiger partial charge in [0.05, 0.1) is 18.8 Å². The molecule has 0 radical (unpaired) electrons. The number of fused-ring (bicyclic) bond motifs is 1. The third-order valence-electron chi connectivity index (χ3n) is 4.33. The zero-order valence-electron chi connectivity index (χ0n) is 13.3. The van der Waals surface area contributed by atoms with Crippen molar-refractivity contribution in [3.05, 3.63) is 51.7 Å². The smallest absolute Gasteiger partial charge is 0.339 e. The first-order valence-electron chi connectivity index (χ1n) is 8.12. The van der Waals surface area contributed by atoms with Crippen molar-refractivity contribution in [2.75, 3.05) is 39.5 Å². The normalized spacial score (nSPS) is 20.7. The largest absolute Gasteiger partial charge is 0.492 e. The molecule has 1 unspecified atom stereocenters. The van der Waals surface area contributed by atoms with Crippen LogP contribution in [0.3, 0.4) is 0 Å². The Kier molecular flexibility index (Phi) is 4.51. The van der Waals surface area contributed by atoms with Gasteiger partial charge in [-0.1, -0.05) is 6.07 Å². The summed E-state index contributed by atoms with van der Waals surface area (Å²) in [7, 11) is 0. The van der Waals surface area contributed by atoms with Gasteiger partial charge in [0.2, 0.25) is 0 Å². The van der Waals surface area contributed by atoms with Crippen molar-refractivity contribution in [2.45, 2.75) is 6.10 Å². The second-order valence-corrected chi connectivity index (χ2v) is 6.83. The van der Waals surface area contributed by atoms with Gasteiger partial charge in [-0.05, 0) is 29.6 Å². The van der Waals surface area contributed by atoms with Crippen molar-refractivity contribution < 1.29 is 19.0 Å². The summed E-state index contributed by atoms with van der Waals surface area (Å²) in [6, 6.07) is 9.54. The van der Waals surface area contributed by atoms with Crippen LogP contribution in [0.15, 0.2) is 35.7 Å². The van der Waals surface area contributed by atoms with E-state index in [9.17, 15) is 4.79 Å². The maximum Gasteiger partial charge on any atom is 0.339 e. The lowest BCUT2D eigenvalue weighted by molar-refractivity contribution is 0.0322. The highest BCUT2D eigenvalue weighted by Crippen LogP contribution is 2.39. The van der Waals surface area contributed by atoms with Gasteiger partial charge in [-0.3, -0.25) is 4.90 Å². The topological polar surface area (TPSA) is 48.0 Å². The third kappa shape index (κ3) is 3.17. The molecule has 0 bridgehead atoms. The quantitative estimate of drug-likeness (QED) is 0.780. The lowest BCUT2D eigenvalue weighted by atomic mass is 10.0. The van der Waals surface area contributed by atoms with Crippen LogP contribution in [0.4, 0.5) is 0 Å². The molecule has 126 valence electrons. The van der Waals surface area contributed by atoms with Crippen molar-refractivity contribution >= 4 is 17.3 Å². The Bertz CT molecular complexity index is 710. The van der Waals surface area contributed by atoms with Crippen LogP contribution in [0, 0.1) is 0 Å². The van der Waals surface area contributed by atoms with Gasteiger partial charge in [-0.25, -0.2) is 4.79 Å². The van der Waals surface area contributed by atoms with E-state index in [0.29, 0.717) is 12.2 Å². The molecule has 1 fully saturated rings. The Balaban J connectivity index is 1.44. The van der Waals surface area contributed by atoms with Gasteiger partial charge >= 0.3 is 5.97 Å². The van der Waals surface area contributed by atoms with Crippen LogP contribution >= 0.6 is 11.3 Å². The molecule has 0 spiro atoms. The van der Waals surface area contributed by atoms with E-state index in [1.54, 1.807) is 17.4 Å². The van der Waals surface area contributed by atoms with Gasteiger partial charge in [0, 0.05) is 30.1 Å². The van der Waals surface area contributed by atoms with E-state index in [2.05, 4.69) is 4.90 Å². The predicted molar refractivity (Wildman–Crippen MR) is 90.8 cm³/mol. The number of rotatable bonds is 5. The number of carbonyl (C=O) groups excluding carboxylic acids is 1. The van der Waals surface area contributed by atoms with Crippen LogP contribution in [0.2, 0.25) is 0 Å². The number of hydrogen-bond donors (Lipinski definition) is 0. The second kappa shape index (κ2) is 6.93. The highest BCUT2D eigenvalue weighted by Gasteiger charge is 2.33. The monoisotopic (exact) mass is 345 g/mol. The lowest BCUT2D eigenvalue weighted by Crippen LogP contribution is -2.38. The Hall–Kier alpha value is -1.89. The molecule has 0 N–H and O–H groups in total. The lowest BCUT2D eigenvalue weighted by Gasteiger charge is -2.26. The average Bonchev–Trinajstić information content (AvgIpc) is 3.24. The maximum atomic E-state index is 12.0. The SMILES string of the molecule is O=C1OC(c2cccs2)c2cc(OCCN3CCOCC3)ccc21. The summed E-state index contributed by atoms with van der Waals surface area (Å²) in [6.45, 7) is 5.00. The standard InChI is InChI=1S/C18H19NO4S/c20-18-14-4-3-13(22-10-7-19-5-8-21-9-6-19)12-15(14)17(23-18)16-2-1-11-24-16/h1-4,11-12,17H,5-10H2. The number of cyclic esters (lactones) is 1. The molecular weight excluding hydrogens is 326 g/mol. The fraction of sp³-hybridized carbons (Fsp3) is 0.389. The summed E-state index contributed by atoms with van der Waals surface area (Å²) < 4.78 is 16.8. The summed E-state index contributed by atoms with van der Waals surface area (Å²) in [5.41, 5.74) is 1.53. The van der Waals surface area contributed by atoms with Crippen molar-refractivity contribution in [2.24, 2.45) is 0 Å². The first-order chi connectivity index (χ1) is 11.8. The molecule has 1 aromatic carbocycles. The molecule has 1 aromatic heterocycles. The van der Waals surface area contributed by atoms with Gasteiger partial charge in [-0.2, -0.15) is 0 Å². The Labute approximate surface area is 144 Å². The minimum atomic E-state index is -0.310. The molecule has 6 heteroatoms. The summed E-state index contributed by atoms with van der Waals surface area (Å²) in [5.74, 6) is 0.519. The molecule has 5 nitrogen and oxygen atoms in total. The zero-order chi connectivity index (χ0) is 16.4. The molecule has 0 aliphatic carbocycles. The van der Waals surface area contributed by atoms with Gasteiger partial charge in [-0.15, -0.1) is 11.3 Å². The van der Waals surface area contributed by atoms with Crippen molar-refractivity contribution in [1.82, 2.24) is 4.90 Å². The number of nitrogens with zero attached hydrogens (tertiary/aromatic N) is 1. The number of esters is 1. The molecule has 3 heterocycles. The van der Waals surface area contributed by atoms with Gasteiger partial charge < -0.3 is 14.2 Å². The first-order valence-corrected chi connectivity index (χ1v) is 9.00. The molecule has 1 atom stereocenters. The van der Waals surface area contributed by atoms with Crippen LogP contribution in [0.25, 0.3) is 0 Å². The summed E-state index contributed by atoms with van der Waals surface area (Å²) in [6.07, 6.45) is -0.310. The summed E-state index contributed by atoms with van der Waals surface area (Å²) >= 11 is 1.59. The fourth-order valence-corrected chi connectivity index (χ4v) is 3.81. The molecule has 2 aliphatic heterocycles. The Morgan fingerprint density at radius 1 is 1.25 bits per heavy atom. The minimum absolute atomic E-state index is 0.261. The van der Waals surface area contributed by atoms with Crippen molar-refractivity contribution in [1.29, 1.82) is 0 Å². The maximum absolute atomic E-state index is 12.0.